The molecule has 1 aliphatic rings. The maximum Gasteiger partial charge on any atom is 0.317 e. The Hall–Kier alpha value is -2.24. The molecule has 0 spiro atoms. The topological polar surface area (TPSA) is 84.7 Å². The fraction of sp³-hybridized carbons (Fsp3) is 0.579. The molecular formula is C19H29N3O3. The van der Waals surface area contributed by atoms with E-state index in [4.69, 9.17) is 10.5 Å². The summed E-state index contributed by atoms with van der Waals surface area (Å²) >= 11 is 0. The van der Waals surface area contributed by atoms with Gasteiger partial charge in [0.05, 0.1) is 12.0 Å². The molecule has 0 bridgehead atoms. The smallest absolute Gasteiger partial charge is 0.317 e. The van der Waals surface area contributed by atoms with E-state index >= 15 is 0 Å². The van der Waals surface area contributed by atoms with Crippen LogP contribution in [-0.2, 0) is 11.2 Å². The van der Waals surface area contributed by atoms with E-state index in [9.17, 15) is 9.59 Å². The van der Waals surface area contributed by atoms with Gasteiger partial charge in [-0.05, 0) is 57.7 Å². The second kappa shape index (κ2) is 8.74. The van der Waals surface area contributed by atoms with Crippen LogP contribution in [0.5, 0.6) is 5.75 Å². The van der Waals surface area contributed by atoms with E-state index in [0.717, 1.165) is 18.6 Å². The number of carbonyl (C=O) groups excluding carboxylic acids is 2. The molecule has 1 heterocycles. The molecule has 138 valence electrons. The maximum atomic E-state index is 12.2. The first-order valence-electron chi connectivity index (χ1n) is 8.95. The molecule has 1 aromatic rings. The SMILES string of the molecule is CC(C)Oc1ccc(CC[C@@H](C)NC(=O)N2CC[C@@H](C(N)=O)C2)cc1. The Bertz CT molecular complexity index is 586. The highest BCUT2D eigenvalue weighted by atomic mass is 16.5. The molecule has 1 fully saturated rings. The van der Waals surface area contributed by atoms with Crippen LogP contribution in [-0.4, -0.2) is 42.1 Å². The quantitative estimate of drug-likeness (QED) is 0.794. The molecule has 6 heteroatoms. The van der Waals surface area contributed by atoms with Crippen molar-refractivity contribution >= 4 is 11.9 Å². The first-order chi connectivity index (χ1) is 11.8. The minimum absolute atomic E-state index is 0.0618. The van der Waals surface area contributed by atoms with Crippen molar-refractivity contribution in [3.63, 3.8) is 0 Å². The largest absolute Gasteiger partial charge is 0.491 e. The van der Waals surface area contributed by atoms with Gasteiger partial charge in [0, 0.05) is 19.1 Å². The second-order valence-corrected chi connectivity index (χ2v) is 7.03. The summed E-state index contributed by atoms with van der Waals surface area (Å²) in [5, 5.41) is 3.00. The number of primary amides is 1. The average molecular weight is 347 g/mol. The molecule has 25 heavy (non-hydrogen) atoms. The van der Waals surface area contributed by atoms with Gasteiger partial charge in [-0.25, -0.2) is 4.79 Å². The van der Waals surface area contributed by atoms with Crippen LogP contribution in [0.15, 0.2) is 24.3 Å². The number of carbonyl (C=O) groups is 2. The Balaban J connectivity index is 1.74. The Morgan fingerprint density at radius 1 is 1.28 bits per heavy atom. The minimum atomic E-state index is -0.326. The highest BCUT2D eigenvalue weighted by Gasteiger charge is 2.29. The predicted molar refractivity (Wildman–Crippen MR) is 97.4 cm³/mol. The Labute approximate surface area is 149 Å². The summed E-state index contributed by atoms with van der Waals surface area (Å²) in [7, 11) is 0. The molecule has 1 aliphatic heterocycles. The number of rotatable bonds is 7. The molecule has 0 aliphatic carbocycles. The van der Waals surface area contributed by atoms with Crippen LogP contribution in [0.3, 0.4) is 0 Å². The van der Waals surface area contributed by atoms with Crippen LogP contribution in [0.1, 0.15) is 39.2 Å². The van der Waals surface area contributed by atoms with Gasteiger partial charge in [0.25, 0.3) is 0 Å². The fourth-order valence-electron chi connectivity index (χ4n) is 2.94. The lowest BCUT2D eigenvalue weighted by molar-refractivity contribution is -0.121. The number of amides is 3. The Morgan fingerprint density at radius 3 is 2.52 bits per heavy atom. The van der Waals surface area contributed by atoms with Gasteiger partial charge in [-0.1, -0.05) is 12.1 Å². The average Bonchev–Trinajstić information content (AvgIpc) is 3.04. The van der Waals surface area contributed by atoms with Crippen molar-refractivity contribution in [2.75, 3.05) is 13.1 Å². The van der Waals surface area contributed by atoms with E-state index < -0.39 is 0 Å². The number of hydrogen-bond donors (Lipinski definition) is 2. The number of ether oxygens (including phenoxy) is 1. The highest BCUT2D eigenvalue weighted by molar-refractivity contribution is 5.80. The standard InChI is InChI=1S/C19H29N3O3/c1-13(2)25-17-8-6-15(7-9-17)5-4-14(3)21-19(24)22-11-10-16(12-22)18(20)23/h6-9,13-14,16H,4-5,10-12H2,1-3H3,(H2,20,23)(H,21,24)/t14-,16-/m1/s1. The maximum absolute atomic E-state index is 12.2. The summed E-state index contributed by atoms with van der Waals surface area (Å²) in [4.78, 5) is 25.1. The van der Waals surface area contributed by atoms with Gasteiger partial charge < -0.3 is 20.7 Å². The molecule has 0 radical (unpaired) electrons. The fourth-order valence-corrected chi connectivity index (χ4v) is 2.94. The normalized spacial score (nSPS) is 18.2. The summed E-state index contributed by atoms with van der Waals surface area (Å²) in [6.45, 7) is 7.01. The summed E-state index contributed by atoms with van der Waals surface area (Å²) in [5.74, 6) is 0.332. The van der Waals surface area contributed by atoms with E-state index in [2.05, 4.69) is 17.4 Å². The zero-order chi connectivity index (χ0) is 18.4. The molecule has 3 amide bonds. The van der Waals surface area contributed by atoms with E-state index in [1.54, 1.807) is 4.90 Å². The van der Waals surface area contributed by atoms with Crippen LogP contribution >= 0.6 is 0 Å². The van der Waals surface area contributed by atoms with Gasteiger partial charge >= 0.3 is 6.03 Å². The van der Waals surface area contributed by atoms with Crippen molar-refractivity contribution in [2.24, 2.45) is 11.7 Å². The van der Waals surface area contributed by atoms with Gasteiger partial charge in [-0.15, -0.1) is 0 Å². The van der Waals surface area contributed by atoms with Crippen molar-refractivity contribution in [1.82, 2.24) is 10.2 Å². The molecule has 1 saturated heterocycles. The zero-order valence-corrected chi connectivity index (χ0v) is 15.3. The number of urea groups is 1. The number of aryl methyl sites for hydroxylation is 1. The molecule has 1 aromatic carbocycles. The van der Waals surface area contributed by atoms with E-state index in [-0.39, 0.29) is 30.0 Å². The molecule has 0 unspecified atom stereocenters. The van der Waals surface area contributed by atoms with E-state index in [1.165, 1.54) is 5.56 Å². The van der Waals surface area contributed by atoms with Crippen molar-refractivity contribution in [2.45, 2.75) is 52.2 Å². The molecular weight excluding hydrogens is 318 g/mol. The summed E-state index contributed by atoms with van der Waals surface area (Å²) in [6, 6.07) is 8.03. The Morgan fingerprint density at radius 2 is 1.96 bits per heavy atom. The number of nitrogens with two attached hydrogens (primary N) is 1. The summed E-state index contributed by atoms with van der Waals surface area (Å²) in [5.41, 5.74) is 6.52. The van der Waals surface area contributed by atoms with Crippen molar-refractivity contribution in [3.05, 3.63) is 29.8 Å². The lowest BCUT2D eigenvalue weighted by atomic mass is 10.1. The molecule has 2 rings (SSSR count). The number of hydrogen-bond acceptors (Lipinski definition) is 3. The number of benzene rings is 1. The molecule has 6 nitrogen and oxygen atoms in total. The number of likely N-dealkylation sites (tertiary alicyclic amines) is 1. The predicted octanol–water partition coefficient (Wildman–Crippen LogP) is 2.31. The van der Waals surface area contributed by atoms with E-state index in [1.807, 2.05) is 32.9 Å². The number of nitrogens with one attached hydrogen (secondary N) is 1. The second-order valence-electron chi connectivity index (χ2n) is 7.03. The summed E-state index contributed by atoms with van der Waals surface area (Å²) < 4.78 is 5.63. The molecule has 0 aromatic heterocycles. The molecule has 3 N–H and O–H groups in total. The van der Waals surface area contributed by atoms with Gasteiger partial charge in [-0.3, -0.25) is 4.79 Å². The zero-order valence-electron chi connectivity index (χ0n) is 15.3. The monoisotopic (exact) mass is 347 g/mol. The summed E-state index contributed by atoms with van der Waals surface area (Å²) in [6.07, 6.45) is 2.55. The van der Waals surface area contributed by atoms with Crippen molar-refractivity contribution in [3.8, 4) is 5.75 Å². The lowest BCUT2D eigenvalue weighted by Gasteiger charge is -2.21. The van der Waals surface area contributed by atoms with Crippen LogP contribution in [0, 0.1) is 5.92 Å². The Kier molecular flexibility index (Phi) is 6.67. The van der Waals surface area contributed by atoms with Gasteiger partial charge in [-0.2, -0.15) is 0 Å². The van der Waals surface area contributed by atoms with Crippen LogP contribution in [0.2, 0.25) is 0 Å². The van der Waals surface area contributed by atoms with Crippen LogP contribution < -0.4 is 15.8 Å². The molecule has 0 saturated carbocycles. The number of nitrogens with zero attached hydrogens (tertiary/aromatic N) is 1. The third kappa shape index (κ3) is 5.96. The van der Waals surface area contributed by atoms with Crippen molar-refractivity contribution < 1.29 is 14.3 Å². The van der Waals surface area contributed by atoms with Crippen LogP contribution in [0.4, 0.5) is 4.79 Å². The molecule has 2 atom stereocenters. The third-order valence-corrected chi connectivity index (χ3v) is 4.41. The third-order valence-electron chi connectivity index (χ3n) is 4.41. The van der Waals surface area contributed by atoms with Crippen molar-refractivity contribution in [1.29, 1.82) is 0 Å². The van der Waals surface area contributed by atoms with Gasteiger partial charge in [0.2, 0.25) is 5.91 Å². The first kappa shape index (κ1) is 19.1. The highest BCUT2D eigenvalue weighted by Crippen LogP contribution is 2.17. The van der Waals surface area contributed by atoms with Gasteiger partial charge in [0.15, 0.2) is 0 Å². The van der Waals surface area contributed by atoms with E-state index in [0.29, 0.717) is 19.5 Å². The lowest BCUT2D eigenvalue weighted by Crippen LogP contribution is -2.43. The minimum Gasteiger partial charge on any atom is -0.491 e. The van der Waals surface area contributed by atoms with Crippen LogP contribution in [0.25, 0.3) is 0 Å². The van der Waals surface area contributed by atoms with Gasteiger partial charge in [0.1, 0.15) is 5.75 Å². The first-order valence-corrected chi connectivity index (χ1v) is 8.95.